The molecule has 3 aliphatic heterocycles. The van der Waals surface area contributed by atoms with Gasteiger partial charge in [0.05, 0.1) is 31.5 Å². The minimum atomic E-state index is 0.0457. The number of fused-ring (bicyclic) bond motifs is 3. The third-order valence-corrected chi connectivity index (χ3v) is 7.46. The van der Waals surface area contributed by atoms with E-state index >= 15 is 0 Å². The first-order valence-corrected chi connectivity index (χ1v) is 12.3. The molecule has 0 saturated carbocycles. The average Bonchev–Trinajstić information content (AvgIpc) is 3.61. The lowest BCUT2D eigenvalue weighted by Gasteiger charge is -2.49. The van der Waals surface area contributed by atoms with E-state index < -0.39 is 0 Å². The molecule has 0 aliphatic carbocycles. The van der Waals surface area contributed by atoms with Crippen molar-refractivity contribution in [2.45, 2.75) is 32.0 Å². The fraction of sp³-hybridized carbons (Fsp3) is 0.321. The summed E-state index contributed by atoms with van der Waals surface area (Å²) in [6.45, 7) is 3.10. The number of amides is 1. The van der Waals surface area contributed by atoms with Crippen LogP contribution in [-0.4, -0.2) is 44.9 Å². The van der Waals surface area contributed by atoms with Crippen molar-refractivity contribution >= 4 is 5.91 Å². The van der Waals surface area contributed by atoms with Gasteiger partial charge in [-0.2, -0.15) is 0 Å². The second kappa shape index (κ2) is 9.50. The van der Waals surface area contributed by atoms with Crippen LogP contribution in [0.25, 0.3) is 22.4 Å². The monoisotopic (exact) mass is 467 g/mol. The molecule has 3 saturated heterocycles. The number of furan rings is 1. The molecule has 7 rings (SSSR count). The molecule has 7 heteroatoms. The molecule has 178 valence electrons. The van der Waals surface area contributed by atoms with Crippen molar-refractivity contribution in [3.8, 4) is 22.4 Å². The lowest BCUT2D eigenvalue weighted by molar-refractivity contribution is -0.133. The van der Waals surface area contributed by atoms with Crippen LogP contribution in [0.4, 0.5) is 0 Å². The Morgan fingerprint density at radius 3 is 2.54 bits per heavy atom. The van der Waals surface area contributed by atoms with Crippen LogP contribution in [0.3, 0.4) is 0 Å². The van der Waals surface area contributed by atoms with E-state index in [1.54, 1.807) is 6.26 Å². The molecule has 7 nitrogen and oxygen atoms in total. The highest BCUT2D eigenvalue weighted by molar-refractivity contribution is 5.79. The van der Waals surface area contributed by atoms with Gasteiger partial charge in [-0.3, -0.25) is 14.4 Å². The topological polar surface area (TPSA) is 76.2 Å². The van der Waals surface area contributed by atoms with Gasteiger partial charge < -0.3 is 9.73 Å². The molecule has 1 N–H and O–H groups in total. The molecule has 0 radical (unpaired) electrons. The fourth-order valence-corrected chi connectivity index (χ4v) is 5.54. The molecule has 0 spiro atoms. The van der Waals surface area contributed by atoms with Crippen LogP contribution in [-0.2, 0) is 17.9 Å². The van der Waals surface area contributed by atoms with E-state index in [-0.39, 0.29) is 11.8 Å². The summed E-state index contributed by atoms with van der Waals surface area (Å²) in [5.41, 5.74) is 4.35. The van der Waals surface area contributed by atoms with Gasteiger partial charge in [0.25, 0.3) is 0 Å². The Balaban J connectivity index is 1.07. The van der Waals surface area contributed by atoms with Crippen LogP contribution in [0.1, 0.15) is 18.6 Å². The van der Waals surface area contributed by atoms with Crippen LogP contribution in [0.15, 0.2) is 83.6 Å². The Hall–Kier alpha value is -3.71. The summed E-state index contributed by atoms with van der Waals surface area (Å²) in [5.74, 6) is 1.38. The summed E-state index contributed by atoms with van der Waals surface area (Å²) < 4.78 is 7.29. The van der Waals surface area contributed by atoms with E-state index in [0.29, 0.717) is 18.5 Å². The first-order chi connectivity index (χ1) is 17.2. The Morgan fingerprint density at radius 1 is 1.00 bits per heavy atom. The molecule has 1 amide bonds. The molecule has 2 aromatic carbocycles. The minimum Gasteiger partial charge on any atom is -0.467 e. The lowest BCUT2D eigenvalue weighted by atomic mass is 9.75. The number of nitrogens with one attached hydrogen (secondary N) is 1. The normalized spacial score (nSPS) is 23.3. The van der Waals surface area contributed by atoms with Gasteiger partial charge >= 0.3 is 0 Å². The molecule has 2 aromatic heterocycles. The maximum Gasteiger partial charge on any atom is 0.225 e. The Morgan fingerprint density at radius 2 is 1.80 bits per heavy atom. The van der Waals surface area contributed by atoms with Crippen LogP contribution < -0.4 is 5.32 Å². The van der Waals surface area contributed by atoms with Gasteiger partial charge in [0.15, 0.2) is 0 Å². The molecular formula is C28H29N5O2. The highest BCUT2D eigenvalue weighted by Crippen LogP contribution is 2.37. The van der Waals surface area contributed by atoms with Gasteiger partial charge in [-0.05, 0) is 48.6 Å². The highest BCUT2D eigenvalue weighted by Gasteiger charge is 2.43. The van der Waals surface area contributed by atoms with E-state index in [2.05, 4.69) is 69.1 Å². The lowest BCUT2D eigenvalue weighted by Crippen LogP contribution is -2.57. The maximum absolute atomic E-state index is 12.8. The molecule has 4 aromatic rings. The minimum absolute atomic E-state index is 0.0457. The summed E-state index contributed by atoms with van der Waals surface area (Å²) in [7, 11) is 0. The SMILES string of the molecule is O=C(NCc1ccco1)C1CN2CCC1CC2Cn1cc(-c2ccc(-c3ccccc3)cc2)nn1. The van der Waals surface area contributed by atoms with Crippen LogP contribution in [0.2, 0.25) is 0 Å². The van der Waals surface area contributed by atoms with Crippen molar-refractivity contribution in [2.75, 3.05) is 13.1 Å². The van der Waals surface area contributed by atoms with Crippen LogP contribution in [0, 0.1) is 11.8 Å². The van der Waals surface area contributed by atoms with E-state index in [1.807, 2.05) is 29.1 Å². The number of hydrogen-bond donors (Lipinski definition) is 1. The molecule has 5 heterocycles. The smallest absolute Gasteiger partial charge is 0.225 e. The number of hydrogen-bond acceptors (Lipinski definition) is 5. The Bertz CT molecular complexity index is 1270. The molecule has 4 unspecified atom stereocenters. The first kappa shape index (κ1) is 21.8. The highest BCUT2D eigenvalue weighted by atomic mass is 16.3. The molecule has 35 heavy (non-hydrogen) atoms. The standard InChI is InChI=1S/C28H29N5O2/c34-28(29-16-25-7-4-14-35-25)26-18-32-13-12-23(26)15-24(32)17-33-19-27(30-31-33)22-10-8-21(9-11-22)20-5-2-1-3-6-20/h1-11,14,19,23-24,26H,12-13,15-18H2,(H,29,34). The number of carbonyl (C=O) groups excluding carboxylic acids is 1. The van der Waals surface area contributed by atoms with Gasteiger partial charge in [0.1, 0.15) is 11.5 Å². The van der Waals surface area contributed by atoms with E-state index in [9.17, 15) is 4.79 Å². The number of piperidine rings is 3. The molecular weight excluding hydrogens is 438 g/mol. The van der Waals surface area contributed by atoms with Gasteiger partial charge in [-0.1, -0.05) is 59.8 Å². The van der Waals surface area contributed by atoms with Crippen molar-refractivity contribution in [2.24, 2.45) is 11.8 Å². The molecule has 4 atom stereocenters. The number of aromatic nitrogens is 3. The van der Waals surface area contributed by atoms with Crippen molar-refractivity contribution < 1.29 is 9.21 Å². The third kappa shape index (κ3) is 4.64. The fourth-order valence-electron chi connectivity index (χ4n) is 5.54. The quantitative estimate of drug-likeness (QED) is 0.440. The summed E-state index contributed by atoms with van der Waals surface area (Å²) in [4.78, 5) is 15.3. The predicted octanol–water partition coefficient (Wildman–Crippen LogP) is 4.23. The van der Waals surface area contributed by atoms with Gasteiger partial charge in [0.2, 0.25) is 5.91 Å². The van der Waals surface area contributed by atoms with Crippen LogP contribution >= 0.6 is 0 Å². The van der Waals surface area contributed by atoms with E-state index in [1.165, 1.54) is 11.1 Å². The van der Waals surface area contributed by atoms with Crippen LogP contribution in [0.5, 0.6) is 0 Å². The maximum atomic E-state index is 12.8. The second-order valence-corrected chi connectivity index (χ2v) is 9.61. The zero-order chi connectivity index (χ0) is 23.6. The second-order valence-electron chi connectivity index (χ2n) is 9.61. The third-order valence-electron chi connectivity index (χ3n) is 7.46. The Labute approximate surface area is 204 Å². The zero-order valence-electron chi connectivity index (χ0n) is 19.6. The number of nitrogens with zero attached hydrogens (tertiary/aromatic N) is 4. The van der Waals surface area contributed by atoms with Crippen molar-refractivity contribution in [1.29, 1.82) is 0 Å². The molecule has 3 fully saturated rings. The van der Waals surface area contributed by atoms with Crippen molar-refractivity contribution in [3.63, 3.8) is 0 Å². The van der Waals surface area contributed by atoms with Crippen molar-refractivity contribution in [1.82, 2.24) is 25.2 Å². The van der Waals surface area contributed by atoms with Gasteiger partial charge in [0, 0.05) is 18.2 Å². The van der Waals surface area contributed by atoms with Crippen molar-refractivity contribution in [3.05, 3.63) is 85.0 Å². The summed E-state index contributed by atoms with van der Waals surface area (Å²) in [6.07, 6.45) is 5.76. The average molecular weight is 468 g/mol. The predicted molar refractivity (Wildman–Crippen MR) is 133 cm³/mol. The van der Waals surface area contributed by atoms with Gasteiger partial charge in [-0.25, -0.2) is 0 Å². The Kier molecular flexibility index (Phi) is 5.92. The number of benzene rings is 2. The number of carbonyl (C=O) groups is 1. The molecule has 2 bridgehead atoms. The van der Waals surface area contributed by atoms with Gasteiger partial charge in [-0.15, -0.1) is 5.10 Å². The molecule has 3 aliphatic rings. The number of rotatable bonds is 7. The largest absolute Gasteiger partial charge is 0.467 e. The summed E-state index contributed by atoms with van der Waals surface area (Å²) in [5, 5.41) is 11.9. The van der Waals surface area contributed by atoms with E-state index in [4.69, 9.17) is 4.42 Å². The summed E-state index contributed by atoms with van der Waals surface area (Å²) in [6, 6.07) is 23.0. The first-order valence-electron chi connectivity index (χ1n) is 12.3. The summed E-state index contributed by atoms with van der Waals surface area (Å²) >= 11 is 0. The van der Waals surface area contributed by atoms with E-state index in [0.717, 1.165) is 49.5 Å². The zero-order valence-corrected chi connectivity index (χ0v) is 19.6.